The number of morpholine rings is 1. The van der Waals surface area contributed by atoms with Crippen LogP contribution in [-0.4, -0.2) is 48.7 Å². The quantitative estimate of drug-likeness (QED) is 0.804. The van der Waals surface area contributed by atoms with Gasteiger partial charge in [0.15, 0.2) is 0 Å². The molecule has 2 heterocycles. The van der Waals surface area contributed by atoms with Gasteiger partial charge in [-0.25, -0.2) is 0 Å². The van der Waals surface area contributed by atoms with Gasteiger partial charge in [0.05, 0.1) is 12.2 Å². The van der Waals surface area contributed by atoms with E-state index in [1.165, 1.54) is 5.56 Å². The van der Waals surface area contributed by atoms with Crippen LogP contribution in [0.15, 0.2) is 24.3 Å². The van der Waals surface area contributed by atoms with E-state index < -0.39 is 0 Å². The third kappa shape index (κ3) is 6.75. The maximum atomic E-state index is 12.4. The summed E-state index contributed by atoms with van der Waals surface area (Å²) in [6.45, 7) is 10.9. The van der Waals surface area contributed by atoms with Crippen LogP contribution >= 0.6 is 12.4 Å². The summed E-state index contributed by atoms with van der Waals surface area (Å²) in [6, 6.07) is 9.06. The molecule has 2 aliphatic heterocycles. The minimum atomic E-state index is 0. The first-order valence-corrected chi connectivity index (χ1v) is 9.96. The van der Waals surface area contributed by atoms with Crippen LogP contribution in [0.2, 0.25) is 0 Å². The Labute approximate surface area is 169 Å². The zero-order valence-electron chi connectivity index (χ0n) is 16.7. The van der Waals surface area contributed by atoms with Crippen LogP contribution in [0.3, 0.4) is 0 Å². The number of carbonyl (C=O) groups is 1. The van der Waals surface area contributed by atoms with Crippen molar-refractivity contribution in [2.75, 3.05) is 19.6 Å². The van der Waals surface area contributed by atoms with Gasteiger partial charge < -0.3 is 15.4 Å². The molecule has 5 nitrogen and oxygen atoms in total. The fraction of sp³-hybridized carbons (Fsp3) is 0.667. The molecule has 0 aliphatic carbocycles. The number of amides is 1. The molecular formula is C21H34ClN3O2. The second-order valence-corrected chi connectivity index (χ2v) is 8.06. The summed E-state index contributed by atoms with van der Waals surface area (Å²) in [7, 11) is 0. The molecule has 3 rings (SSSR count). The molecule has 1 amide bonds. The van der Waals surface area contributed by atoms with Crippen LogP contribution in [0.1, 0.15) is 44.7 Å². The molecule has 2 unspecified atom stereocenters. The Morgan fingerprint density at radius 3 is 2.41 bits per heavy atom. The molecule has 4 atom stereocenters. The molecule has 2 fully saturated rings. The number of hydrogen-bond acceptors (Lipinski definition) is 4. The van der Waals surface area contributed by atoms with Crippen LogP contribution in [0.5, 0.6) is 0 Å². The molecular weight excluding hydrogens is 362 g/mol. The Hall–Kier alpha value is -1.14. The number of halogens is 1. The molecule has 2 saturated heterocycles. The van der Waals surface area contributed by atoms with Gasteiger partial charge in [-0.15, -0.1) is 12.4 Å². The van der Waals surface area contributed by atoms with Crippen LogP contribution < -0.4 is 10.6 Å². The second-order valence-electron chi connectivity index (χ2n) is 8.06. The lowest BCUT2D eigenvalue weighted by Crippen LogP contribution is -2.44. The van der Waals surface area contributed by atoms with Crippen molar-refractivity contribution in [3.63, 3.8) is 0 Å². The fourth-order valence-corrected chi connectivity index (χ4v) is 4.14. The lowest BCUT2D eigenvalue weighted by molar-refractivity contribution is -0.126. The van der Waals surface area contributed by atoms with Crippen molar-refractivity contribution in [3.8, 4) is 0 Å². The predicted molar refractivity (Wildman–Crippen MR) is 111 cm³/mol. The summed E-state index contributed by atoms with van der Waals surface area (Å²) in [6.07, 6.45) is 2.46. The number of nitrogens with one attached hydrogen (secondary N) is 2. The maximum absolute atomic E-state index is 12.4. The first-order chi connectivity index (χ1) is 12.5. The average molecular weight is 396 g/mol. The van der Waals surface area contributed by atoms with E-state index in [0.717, 1.165) is 44.6 Å². The van der Waals surface area contributed by atoms with Gasteiger partial charge in [0.1, 0.15) is 0 Å². The van der Waals surface area contributed by atoms with E-state index in [0.29, 0.717) is 24.8 Å². The van der Waals surface area contributed by atoms with Crippen molar-refractivity contribution in [2.24, 2.45) is 5.92 Å². The highest BCUT2D eigenvalue weighted by molar-refractivity contribution is 5.85. The van der Waals surface area contributed by atoms with Crippen LogP contribution in [0.4, 0.5) is 0 Å². The summed E-state index contributed by atoms with van der Waals surface area (Å²) in [5.41, 5.74) is 2.47. The SMILES string of the molecule is CC1CN(Cc2ccc(CNC(=O)[C@H]3CCN[C@@H](C)C3)cc2)CC(C)O1.Cl. The number of piperidine rings is 1. The van der Waals surface area contributed by atoms with Gasteiger partial charge in [-0.05, 0) is 51.3 Å². The highest BCUT2D eigenvalue weighted by atomic mass is 35.5. The minimum absolute atomic E-state index is 0. The molecule has 1 aromatic carbocycles. The van der Waals surface area contributed by atoms with E-state index >= 15 is 0 Å². The van der Waals surface area contributed by atoms with E-state index in [2.05, 4.69) is 60.6 Å². The number of nitrogens with zero attached hydrogens (tertiary/aromatic N) is 1. The van der Waals surface area contributed by atoms with Gasteiger partial charge in [0.2, 0.25) is 5.91 Å². The van der Waals surface area contributed by atoms with E-state index in [-0.39, 0.29) is 24.2 Å². The fourth-order valence-electron chi connectivity index (χ4n) is 4.14. The molecule has 27 heavy (non-hydrogen) atoms. The van der Waals surface area contributed by atoms with Crippen molar-refractivity contribution >= 4 is 18.3 Å². The monoisotopic (exact) mass is 395 g/mol. The van der Waals surface area contributed by atoms with Crippen molar-refractivity contribution in [3.05, 3.63) is 35.4 Å². The van der Waals surface area contributed by atoms with Gasteiger partial charge in [-0.3, -0.25) is 9.69 Å². The Kier molecular flexibility index (Phi) is 8.55. The normalized spacial score (nSPS) is 29.0. The molecule has 6 heteroatoms. The number of benzene rings is 1. The van der Waals surface area contributed by atoms with Crippen LogP contribution in [-0.2, 0) is 22.6 Å². The summed E-state index contributed by atoms with van der Waals surface area (Å²) in [5, 5.41) is 6.50. The Balaban J connectivity index is 0.00000261. The third-order valence-electron chi connectivity index (χ3n) is 5.39. The molecule has 2 aliphatic rings. The predicted octanol–water partition coefficient (Wildman–Crippen LogP) is 2.72. The number of carbonyl (C=O) groups excluding carboxylic acids is 1. The lowest BCUT2D eigenvalue weighted by atomic mass is 9.92. The smallest absolute Gasteiger partial charge is 0.223 e. The number of hydrogen-bond donors (Lipinski definition) is 2. The molecule has 0 bridgehead atoms. The largest absolute Gasteiger partial charge is 0.373 e. The molecule has 1 aromatic rings. The molecule has 0 spiro atoms. The van der Waals surface area contributed by atoms with Crippen molar-refractivity contribution in [1.29, 1.82) is 0 Å². The lowest BCUT2D eigenvalue weighted by Gasteiger charge is -2.35. The van der Waals surface area contributed by atoms with Gasteiger partial charge >= 0.3 is 0 Å². The van der Waals surface area contributed by atoms with Crippen molar-refractivity contribution < 1.29 is 9.53 Å². The Morgan fingerprint density at radius 2 is 1.78 bits per heavy atom. The van der Waals surface area contributed by atoms with Gasteiger partial charge in [0, 0.05) is 38.1 Å². The molecule has 152 valence electrons. The van der Waals surface area contributed by atoms with E-state index in [4.69, 9.17) is 4.74 Å². The van der Waals surface area contributed by atoms with Gasteiger partial charge in [0.25, 0.3) is 0 Å². The van der Waals surface area contributed by atoms with Crippen LogP contribution in [0.25, 0.3) is 0 Å². The summed E-state index contributed by atoms with van der Waals surface area (Å²) in [5.74, 6) is 0.342. The van der Waals surface area contributed by atoms with E-state index in [1.807, 2.05) is 0 Å². The van der Waals surface area contributed by atoms with E-state index in [1.54, 1.807) is 0 Å². The standard InChI is InChI=1S/C21H33N3O2.ClH/c1-15-10-20(8-9-22-15)21(25)23-11-18-4-6-19(7-5-18)14-24-12-16(2)26-17(3)13-24;/h4-7,15-17,20,22H,8-14H2,1-3H3,(H,23,25);1H/t15-,16?,17?,20-;/m0./s1. The highest BCUT2D eigenvalue weighted by Crippen LogP contribution is 2.17. The minimum Gasteiger partial charge on any atom is -0.373 e. The summed E-state index contributed by atoms with van der Waals surface area (Å²) in [4.78, 5) is 14.8. The van der Waals surface area contributed by atoms with Crippen LogP contribution in [0, 0.1) is 5.92 Å². The van der Waals surface area contributed by atoms with Crippen molar-refractivity contribution in [1.82, 2.24) is 15.5 Å². The summed E-state index contributed by atoms with van der Waals surface area (Å²) < 4.78 is 5.80. The second kappa shape index (κ2) is 10.4. The maximum Gasteiger partial charge on any atom is 0.223 e. The Bertz CT molecular complexity index is 586. The third-order valence-corrected chi connectivity index (χ3v) is 5.39. The van der Waals surface area contributed by atoms with Gasteiger partial charge in [-0.2, -0.15) is 0 Å². The van der Waals surface area contributed by atoms with E-state index in [9.17, 15) is 4.79 Å². The average Bonchev–Trinajstić information content (AvgIpc) is 2.60. The number of rotatable bonds is 5. The molecule has 0 aromatic heterocycles. The topological polar surface area (TPSA) is 53.6 Å². The zero-order valence-corrected chi connectivity index (χ0v) is 17.6. The molecule has 0 radical (unpaired) electrons. The number of ether oxygens (including phenoxy) is 1. The molecule has 2 N–H and O–H groups in total. The first-order valence-electron chi connectivity index (χ1n) is 9.96. The molecule has 0 saturated carbocycles. The zero-order chi connectivity index (χ0) is 18.5. The van der Waals surface area contributed by atoms with Gasteiger partial charge in [-0.1, -0.05) is 24.3 Å². The first kappa shape index (κ1) is 22.2. The summed E-state index contributed by atoms with van der Waals surface area (Å²) >= 11 is 0. The highest BCUT2D eigenvalue weighted by Gasteiger charge is 2.24. The Morgan fingerprint density at radius 1 is 1.15 bits per heavy atom. The van der Waals surface area contributed by atoms with Crippen molar-refractivity contribution in [2.45, 2.75) is 65.0 Å².